The Labute approximate surface area is 59.7 Å². The third kappa shape index (κ3) is 7.59. The van der Waals surface area contributed by atoms with Gasteiger partial charge in [-0.3, -0.25) is 0 Å². The molecular weight excluding hydrogens is 140 g/mol. The quantitative estimate of drug-likeness (QED) is 0.240. The average Bonchev–Trinajstić information content (AvgIpc) is 1.80. The molecule has 54 valence electrons. The van der Waals surface area contributed by atoms with Crippen LogP contribution in [0, 0.1) is 0 Å². The fourth-order valence-electron chi connectivity index (χ4n) is 0.296. The molecule has 0 aliphatic heterocycles. The van der Waals surface area contributed by atoms with E-state index in [0.29, 0.717) is 6.54 Å². The van der Waals surface area contributed by atoms with Crippen LogP contribution < -0.4 is 10.9 Å². The van der Waals surface area contributed by atoms with Gasteiger partial charge in [0.25, 0.3) is 0 Å². The molecule has 3 nitrogen and oxygen atoms in total. The van der Waals surface area contributed by atoms with Crippen LogP contribution in [0.2, 0.25) is 0 Å². The van der Waals surface area contributed by atoms with Gasteiger partial charge in [-0.15, -0.1) is 11.6 Å². The summed E-state index contributed by atoms with van der Waals surface area (Å²) in [5, 5.41) is 8.20. The van der Waals surface area contributed by atoms with Crippen molar-refractivity contribution in [1.82, 2.24) is 10.9 Å². The second kappa shape index (κ2) is 5.72. The number of alkyl halides is 1. The van der Waals surface area contributed by atoms with E-state index in [2.05, 4.69) is 10.9 Å². The topological polar surface area (TPSA) is 44.3 Å². The highest BCUT2D eigenvalue weighted by Crippen LogP contribution is 1.87. The predicted octanol–water partition coefficient (Wildman–Crippen LogP) is 0.737. The molecule has 0 aliphatic carbocycles. The van der Waals surface area contributed by atoms with E-state index in [1.165, 1.54) is 6.20 Å². The summed E-state index contributed by atoms with van der Waals surface area (Å²) in [5.74, 6) is 0. The van der Waals surface area contributed by atoms with Gasteiger partial charge in [0.05, 0.1) is 6.26 Å². The number of aliphatic hydroxyl groups is 1. The molecule has 0 aromatic rings. The number of aliphatic hydroxyl groups excluding tert-OH is 1. The molecular formula is C5H11ClN2O. The molecule has 3 N–H and O–H groups in total. The molecule has 0 spiro atoms. The van der Waals surface area contributed by atoms with E-state index in [4.69, 9.17) is 16.7 Å². The second-order valence-electron chi connectivity index (χ2n) is 1.62. The fraction of sp³-hybridized carbons (Fsp3) is 0.600. The lowest BCUT2D eigenvalue weighted by molar-refractivity contribution is 0.463. The normalized spacial score (nSPS) is 14.0. The van der Waals surface area contributed by atoms with Crippen molar-refractivity contribution in [2.24, 2.45) is 0 Å². The lowest BCUT2D eigenvalue weighted by atomic mass is 10.5. The maximum absolute atomic E-state index is 8.12. The van der Waals surface area contributed by atoms with Crippen LogP contribution in [0.1, 0.15) is 6.92 Å². The zero-order valence-electron chi connectivity index (χ0n) is 5.26. The Kier molecular flexibility index (Phi) is 5.46. The zero-order valence-corrected chi connectivity index (χ0v) is 6.02. The number of halogens is 1. The number of hydrogen-bond acceptors (Lipinski definition) is 3. The average molecular weight is 151 g/mol. The van der Waals surface area contributed by atoms with Gasteiger partial charge in [0, 0.05) is 18.1 Å². The van der Waals surface area contributed by atoms with Crippen molar-refractivity contribution in [3.05, 3.63) is 12.5 Å². The van der Waals surface area contributed by atoms with Crippen molar-refractivity contribution in [1.29, 1.82) is 0 Å². The number of rotatable bonds is 4. The summed E-state index contributed by atoms with van der Waals surface area (Å²) in [4.78, 5) is 0. The van der Waals surface area contributed by atoms with Gasteiger partial charge in [0.1, 0.15) is 0 Å². The van der Waals surface area contributed by atoms with Crippen molar-refractivity contribution in [2.45, 2.75) is 12.3 Å². The molecule has 0 heterocycles. The molecule has 0 radical (unpaired) electrons. The summed E-state index contributed by atoms with van der Waals surface area (Å²) in [6.07, 6.45) is 2.28. The van der Waals surface area contributed by atoms with E-state index in [0.717, 1.165) is 6.26 Å². The molecule has 0 aliphatic rings. The first-order valence-electron chi connectivity index (χ1n) is 2.69. The first-order chi connectivity index (χ1) is 4.27. The summed E-state index contributed by atoms with van der Waals surface area (Å²) < 4.78 is 0. The van der Waals surface area contributed by atoms with Crippen LogP contribution in [0.15, 0.2) is 12.5 Å². The second-order valence-corrected chi connectivity index (χ2v) is 2.37. The molecule has 0 bridgehead atoms. The number of hydrogen-bond donors (Lipinski definition) is 3. The minimum Gasteiger partial charge on any atom is -0.514 e. The molecule has 0 amide bonds. The smallest absolute Gasteiger partial charge is 0.0962 e. The van der Waals surface area contributed by atoms with E-state index < -0.39 is 0 Å². The summed E-state index contributed by atoms with van der Waals surface area (Å²) in [5.41, 5.74) is 5.36. The molecule has 0 fully saturated rings. The first-order valence-corrected chi connectivity index (χ1v) is 3.12. The molecule has 0 saturated carbocycles. The Morgan fingerprint density at radius 1 is 1.78 bits per heavy atom. The standard InChI is InChI=1S/C5H11ClN2O/c1-5(6)4-8-7-2-3-9/h2-3,5,7-9H,4H2,1H3/b3-2+/t5-/m0/s1. The Hall–Kier alpha value is -0.410. The molecule has 0 aromatic heterocycles. The molecule has 0 unspecified atom stereocenters. The monoisotopic (exact) mass is 150 g/mol. The van der Waals surface area contributed by atoms with Crippen molar-refractivity contribution in [2.75, 3.05) is 6.54 Å². The van der Waals surface area contributed by atoms with Crippen LogP contribution in [0.5, 0.6) is 0 Å². The van der Waals surface area contributed by atoms with Gasteiger partial charge in [0.2, 0.25) is 0 Å². The van der Waals surface area contributed by atoms with Crippen molar-refractivity contribution >= 4 is 11.6 Å². The number of nitrogens with one attached hydrogen (secondary N) is 2. The van der Waals surface area contributed by atoms with Gasteiger partial charge >= 0.3 is 0 Å². The van der Waals surface area contributed by atoms with E-state index in [1.807, 2.05) is 6.92 Å². The molecule has 9 heavy (non-hydrogen) atoms. The first kappa shape index (κ1) is 8.59. The molecule has 0 aromatic carbocycles. The van der Waals surface area contributed by atoms with Gasteiger partial charge in [-0.05, 0) is 6.92 Å². The van der Waals surface area contributed by atoms with E-state index in [1.54, 1.807) is 0 Å². The van der Waals surface area contributed by atoms with E-state index in [9.17, 15) is 0 Å². The SMILES string of the molecule is C[C@H](Cl)CNN/C=C/O. The predicted molar refractivity (Wildman–Crippen MR) is 38.2 cm³/mol. The van der Waals surface area contributed by atoms with E-state index in [-0.39, 0.29) is 5.38 Å². The van der Waals surface area contributed by atoms with Crippen molar-refractivity contribution in [3.63, 3.8) is 0 Å². The fourth-order valence-corrected chi connectivity index (χ4v) is 0.373. The van der Waals surface area contributed by atoms with Gasteiger partial charge < -0.3 is 10.5 Å². The highest BCUT2D eigenvalue weighted by Gasteiger charge is 1.90. The van der Waals surface area contributed by atoms with Gasteiger partial charge in [-0.2, -0.15) is 0 Å². The van der Waals surface area contributed by atoms with Gasteiger partial charge in [-0.25, -0.2) is 5.43 Å². The van der Waals surface area contributed by atoms with Crippen LogP contribution >= 0.6 is 11.6 Å². The lowest BCUT2D eigenvalue weighted by Crippen LogP contribution is -2.31. The molecule has 4 heteroatoms. The third-order valence-corrected chi connectivity index (χ3v) is 0.798. The van der Waals surface area contributed by atoms with Crippen LogP contribution in [0.25, 0.3) is 0 Å². The van der Waals surface area contributed by atoms with Gasteiger partial charge in [-0.1, -0.05) is 0 Å². The van der Waals surface area contributed by atoms with Crippen LogP contribution in [-0.4, -0.2) is 17.0 Å². The number of hydrazine groups is 1. The maximum atomic E-state index is 8.12. The minimum absolute atomic E-state index is 0.0876. The van der Waals surface area contributed by atoms with E-state index >= 15 is 0 Å². The zero-order chi connectivity index (χ0) is 7.11. The van der Waals surface area contributed by atoms with Crippen molar-refractivity contribution in [3.8, 4) is 0 Å². The van der Waals surface area contributed by atoms with Gasteiger partial charge in [0.15, 0.2) is 0 Å². The lowest BCUT2D eigenvalue weighted by Gasteiger charge is -2.03. The summed E-state index contributed by atoms with van der Waals surface area (Å²) in [7, 11) is 0. The Morgan fingerprint density at radius 2 is 2.44 bits per heavy atom. The minimum atomic E-state index is 0.0876. The van der Waals surface area contributed by atoms with Crippen LogP contribution in [0.4, 0.5) is 0 Å². The largest absolute Gasteiger partial charge is 0.514 e. The highest BCUT2D eigenvalue weighted by atomic mass is 35.5. The summed E-state index contributed by atoms with van der Waals surface area (Å²) >= 11 is 5.57. The Bertz CT molecular complexity index is 85.0. The van der Waals surface area contributed by atoms with Crippen molar-refractivity contribution < 1.29 is 5.11 Å². The molecule has 0 saturated heterocycles. The molecule has 1 atom stereocenters. The van der Waals surface area contributed by atoms with Crippen LogP contribution in [-0.2, 0) is 0 Å². The Morgan fingerprint density at radius 3 is 2.89 bits per heavy atom. The third-order valence-electron chi connectivity index (χ3n) is 0.643. The maximum Gasteiger partial charge on any atom is 0.0962 e. The highest BCUT2D eigenvalue weighted by molar-refractivity contribution is 6.20. The summed E-state index contributed by atoms with van der Waals surface area (Å²) in [6.45, 7) is 2.53. The van der Waals surface area contributed by atoms with Crippen LogP contribution in [0.3, 0.4) is 0 Å². The summed E-state index contributed by atoms with van der Waals surface area (Å²) in [6, 6.07) is 0. The molecule has 0 rings (SSSR count). The Balaban J connectivity index is 2.91.